The predicted octanol–water partition coefficient (Wildman–Crippen LogP) is 4.19. The van der Waals surface area contributed by atoms with Gasteiger partial charge in [0.15, 0.2) is 0 Å². The lowest BCUT2D eigenvalue weighted by Crippen LogP contribution is -2.45. The van der Waals surface area contributed by atoms with Crippen LogP contribution in [0.1, 0.15) is 57.1 Å². The number of rotatable bonds is 3. The van der Waals surface area contributed by atoms with Gasteiger partial charge >= 0.3 is 0 Å². The molecule has 0 aromatic heterocycles. The van der Waals surface area contributed by atoms with Gasteiger partial charge in [-0.3, -0.25) is 4.79 Å². The third-order valence-electron chi connectivity index (χ3n) is 5.71. The van der Waals surface area contributed by atoms with Crippen molar-refractivity contribution in [3.63, 3.8) is 0 Å². The summed E-state index contributed by atoms with van der Waals surface area (Å²) in [7, 11) is 0. The van der Waals surface area contributed by atoms with E-state index in [9.17, 15) is 9.90 Å². The second-order valence-electron chi connectivity index (χ2n) is 7.39. The highest BCUT2D eigenvalue weighted by Crippen LogP contribution is 2.40. The number of nitrogens with zero attached hydrogens (tertiary/aromatic N) is 1. The van der Waals surface area contributed by atoms with Crippen LogP contribution in [0.25, 0.3) is 0 Å². The molecule has 3 rings (SSSR count). The first-order valence-corrected chi connectivity index (χ1v) is 9.10. The van der Waals surface area contributed by atoms with Crippen LogP contribution in [-0.4, -0.2) is 29.0 Å². The molecule has 2 aliphatic rings. The van der Waals surface area contributed by atoms with Crippen LogP contribution in [0.15, 0.2) is 24.3 Å². The summed E-state index contributed by atoms with van der Waals surface area (Å²) in [5, 5.41) is 11.3. The van der Waals surface area contributed by atoms with Crippen molar-refractivity contribution >= 4 is 17.5 Å². The Morgan fingerprint density at radius 3 is 2.35 bits per heavy atom. The third kappa shape index (κ3) is 3.56. The standard InChI is InChI=1S/C19H26ClNO2/c1-19(10-2-3-11-19)18(23)21-12-8-15(9-13-21)17(22)14-4-6-16(20)7-5-14/h4-7,15,17,22H,2-3,8-13H2,1H3/t17-/m0/s1. The molecule has 0 radical (unpaired) electrons. The first-order valence-electron chi connectivity index (χ1n) is 8.72. The summed E-state index contributed by atoms with van der Waals surface area (Å²) in [4.78, 5) is 14.8. The molecule has 2 fully saturated rings. The molecule has 23 heavy (non-hydrogen) atoms. The molecule has 0 unspecified atom stereocenters. The highest BCUT2D eigenvalue weighted by Gasteiger charge is 2.40. The molecule has 1 atom stereocenters. The van der Waals surface area contributed by atoms with Gasteiger partial charge in [-0.2, -0.15) is 0 Å². The molecular formula is C19H26ClNO2. The number of halogens is 1. The van der Waals surface area contributed by atoms with Gasteiger partial charge in [-0.05, 0) is 49.3 Å². The van der Waals surface area contributed by atoms with Crippen molar-refractivity contribution in [1.82, 2.24) is 4.90 Å². The number of aliphatic hydroxyl groups excluding tert-OH is 1. The minimum absolute atomic E-state index is 0.137. The molecular weight excluding hydrogens is 310 g/mol. The van der Waals surface area contributed by atoms with Crippen molar-refractivity contribution in [2.75, 3.05) is 13.1 Å². The van der Waals surface area contributed by atoms with Crippen LogP contribution < -0.4 is 0 Å². The number of carbonyl (C=O) groups is 1. The van der Waals surface area contributed by atoms with E-state index in [1.165, 1.54) is 12.8 Å². The second kappa shape index (κ2) is 6.82. The van der Waals surface area contributed by atoms with Gasteiger partial charge in [0.25, 0.3) is 0 Å². The molecule has 1 aromatic carbocycles. The number of piperidine rings is 1. The van der Waals surface area contributed by atoms with Crippen LogP contribution >= 0.6 is 11.6 Å². The van der Waals surface area contributed by atoms with Crippen molar-refractivity contribution < 1.29 is 9.90 Å². The molecule has 126 valence electrons. The van der Waals surface area contributed by atoms with E-state index in [1.807, 2.05) is 29.2 Å². The summed E-state index contributed by atoms with van der Waals surface area (Å²) in [5.74, 6) is 0.547. The number of hydrogen-bond donors (Lipinski definition) is 1. The monoisotopic (exact) mass is 335 g/mol. The smallest absolute Gasteiger partial charge is 0.228 e. The fourth-order valence-electron chi connectivity index (χ4n) is 4.10. The number of benzene rings is 1. The van der Waals surface area contributed by atoms with Gasteiger partial charge in [0.05, 0.1) is 6.10 Å². The number of hydrogen-bond acceptors (Lipinski definition) is 2. The fraction of sp³-hybridized carbons (Fsp3) is 0.632. The highest BCUT2D eigenvalue weighted by molar-refractivity contribution is 6.30. The zero-order chi connectivity index (χ0) is 16.4. The maximum atomic E-state index is 12.8. The summed E-state index contributed by atoms with van der Waals surface area (Å²) >= 11 is 5.91. The highest BCUT2D eigenvalue weighted by atomic mass is 35.5. The van der Waals surface area contributed by atoms with Crippen LogP contribution in [-0.2, 0) is 4.79 Å². The van der Waals surface area contributed by atoms with Gasteiger partial charge in [0, 0.05) is 23.5 Å². The lowest BCUT2D eigenvalue weighted by molar-refractivity contribution is -0.143. The molecule has 3 nitrogen and oxygen atoms in total. The second-order valence-corrected chi connectivity index (χ2v) is 7.83. The number of carbonyl (C=O) groups excluding carboxylic acids is 1. The van der Waals surface area contributed by atoms with Crippen molar-refractivity contribution in [2.45, 2.75) is 51.6 Å². The van der Waals surface area contributed by atoms with E-state index in [0.717, 1.165) is 44.3 Å². The van der Waals surface area contributed by atoms with Gasteiger partial charge in [0.1, 0.15) is 0 Å². The lowest BCUT2D eigenvalue weighted by Gasteiger charge is -2.38. The SMILES string of the molecule is CC1(C(=O)N2CCC([C@@H](O)c3ccc(Cl)cc3)CC2)CCCC1. The average Bonchev–Trinajstić information content (AvgIpc) is 3.02. The normalized spacial score (nSPS) is 23.0. The topological polar surface area (TPSA) is 40.5 Å². The van der Waals surface area contributed by atoms with Crippen molar-refractivity contribution in [3.8, 4) is 0 Å². The Bertz CT molecular complexity index is 543. The Balaban J connectivity index is 1.57. The first kappa shape index (κ1) is 16.8. The van der Waals surface area contributed by atoms with E-state index in [2.05, 4.69) is 6.92 Å². The number of amides is 1. The molecule has 1 aliphatic carbocycles. The summed E-state index contributed by atoms with van der Waals surface area (Å²) in [5.41, 5.74) is 0.781. The minimum Gasteiger partial charge on any atom is -0.388 e. The molecule has 1 heterocycles. The Hall–Kier alpha value is -1.06. The maximum absolute atomic E-state index is 12.8. The molecule has 1 saturated carbocycles. The van der Waals surface area contributed by atoms with E-state index in [1.54, 1.807) is 0 Å². The Labute approximate surface area is 143 Å². The van der Waals surface area contributed by atoms with Gasteiger partial charge in [-0.25, -0.2) is 0 Å². The molecule has 4 heteroatoms. The molecule has 1 aliphatic heterocycles. The van der Waals surface area contributed by atoms with E-state index in [4.69, 9.17) is 11.6 Å². The van der Waals surface area contributed by atoms with E-state index >= 15 is 0 Å². The van der Waals surface area contributed by atoms with Crippen LogP contribution in [0.3, 0.4) is 0 Å². The van der Waals surface area contributed by atoms with Crippen molar-refractivity contribution in [3.05, 3.63) is 34.9 Å². The Kier molecular flexibility index (Phi) is 4.98. The molecule has 1 amide bonds. The molecule has 0 spiro atoms. The van der Waals surface area contributed by atoms with Gasteiger partial charge in [-0.1, -0.05) is 43.5 Å². The fourth-order valence-corrected chi connectivity index (χ4v) is 4.23. The van der Waals surface area contributed by atoms with Crippen LogP contribution in [0.2, 0.25) is 5.02 Å². The van der Waals surface area contributed by atoms with Crippen LogP contribution in [0.5, 0.6) is 0 Å². The largest absolute Gasteiger partial charge is 0.388 e. The molecule has 0 bridgehead atoms. The van der Waals surface area contributed by atoms with Crippen molar-refractivity contribution in [2.24, 2.45) is 11.3 Å². The van der Waals surface area contributed by atoms with Gasteiger partial charge in [-0.15, -0.1) is 0 Å². The minimum atomic E-state index is -0.466. The summed E-state index contributed by atoms with van der Waals surface area (Å²) in [6, 6.07) is 7.42. The lowest BCUT2D eigenvalue weighted by atomic mass is 9.84. The zero-order valence-corrected chi connectivity index (χ0v) is 14.6. The van der Waals surface area contributed by atoms with Gasteiger partial charge < -0.3 is 10.0 Å². The van der Waals surface area contributed by atoms with Crippen molar-refractivity contribution in [1.29, 1.82) is 0 Å². The summed E-state index contributed by atoms with van der Waals surface area (Å²) < 4.78 is 0. The average molecular weight is 336 g/mol. The van der Waals surface area contributed by atoms with Crippen LogP contribution in [0.4, 0.5) is 0 Å². The van der Waals surface area contributed by atoms with E-state index < -0.39 is 6.10 Å². The predicted molar refractivity (Wildman–Crippen MR) is 92.3 cm³/mol. The molecule has 1 N–H and O–H groups in total. The molecule has 1 aromatic rings. The zero-order valence-electron chi connectivity index (χ0n) is 13.8. The third-order valence-corrected chi connectivity index (χ3v) is 5.96. The van der Waals surface area contributed by atoms with Gasteiger partial charge in [0.2, 0.25) is 5.91 Å². The maximum Gasteiger partial charge on any atom is 0.228 e. The van der Waals surface area contributed by atoms with E-state index in [0.29, 0.717) is 10.9 Å². The van der Waals surface area contributed by atoms with Crippen LogP contribution in [0, 0.1) is 11.3 Å². The quantitative estimate of drug-likeness (QED) is 0.899. The molecule has 1 saturated heterocycles. The Morgan fingerprint density at radius 1 is 1.22 bits per heavy atom. The van der Waals surface area contributed by atoms with E-state index in [-0.39, 0.29) is 11.3 Å². The number of aliphatic hydroxyl groups is 1. The summed E-state index contributed by atoms with van der Waals surface area (Å²) in [6.07, 6.45) is 5.67. The Morgan fingerprint density at radius 2 is 1.78 bits per heavy atom. The summed E-state index contributed by atoms with van der Waals surface area (Å²) in [6.45, 7) is 3.66. The first-order chi connectivity index (χ1) is 11.0. The number of likely N-dealkylation sites (tertiary alicyclic amines) is 1.